The number of hydrogen-bond donors (Lipinski definition) is 3. The van der Waals surface area contributed by atoms with Crippen LogP contribution in [0.25, 0.3) is 5.69 Å². The Morgan fingerprint density at radius 1 is 0.925 bits per heavy atom. The number of aliphatic hydroxyl groups is 1. The van der Waals surface area contributed by atoms with Crippen molar-refractivity contribution in [3.05, 3.63) is 118 Å². The van der Waals surface area contributed by atoms with E-state index < -0.39 is 29.7 Å². The van der Waals surface area contributed by atoms with E-state index in [1.165, 1.54) is 23.1 Å². The Morgan fingerprint density at radius 2 is 1.57 bits per heavy atom. The number of halogens is 2. The van der Waals surface area contributed by atoms with Crippen LogP contribution in [-0.4, -0.2) is 44.3 Å². The molecule has 0 bridgehead atoms. The molecule has 1 aromatic heterocycles. The summed E-state index contributed by atoms with van der Waals surface area (Å²) in [5, 5.41) is 21.8. The normalized spacial score (nSPS) is 12.8. The fraction of sp³-hybridized carbons (Fsp3) is 0.281. The van der Waals surface area contributed by atoms with Crippen molar-refractivity contribution in [1.82, 2.24) is 9.47 Å². The van der Waals surface area contributed by atoms with Crippen LogP contribution in [0.15, 0.2) is 72.8 Å². The number of phenols is 1. The second-order valence-corrected chi connectivity index (χ2v) is 10.2. The van der Waals surface area contributed by atoms with Crippen LogP contribution in [0, 0.1) is 25.5 Å². The average Bonchev–Trinajstić information content (AvgIpc) is 3.24. The topological polar surface area (TPSA) is 91.7 Å². The van der Waals surface area contributed by atoms with Crippen molar-refractivity contribution < 1.29 is 23.8 Å². The molecule has 0 saturated carbocycles. The first-order chi connectivity index (χ1) is 19.0. The molecule has 6 nitrogen and oxygen atoms in total. The minimum Gasteiger partial charge on any atom is -0.506 e. The van der Waals surface area contributed by atoms with Crippen LogP contribution in [0.1, 0.15) is 45.4 Å². The molecule has 4 N–H and O–H groups in total. The number of carbonyl (C=O) groups excluding carboxylic acids is 1. The average molecular weight is 548 g/mol. The predicted molar refractivity (Wildman–Crippen MR) is 152 cm³/mol. The van der Waals surface area contributed by atoms with Crippen LogP contribution < -0.4 is 5.73 Å². The third kappa shape index (κ3) is 6.76. The number of aromatic hydroxyl groups is 1. The molecule has 8 heteroatoms. The number of carbonyl (C=O) groups is 1. The van der Waals surface area contributed by atoms with Gasteiger partial charge in [-0.05, 0) is 85.8 Å². The summed E-state index contributed by atoms with van der Waals surface area (Å²) in [7, 11) is 0. The maximum Gasteiger partial charge on any atom is 0.254 e. The summed E-state index contributed by atoms with van der Waals surface area (Å²) in [6.07, 6.45) is -0.330. The molecule has 0 aliphatic heterocycles. The van der Waals surface area contributed by atoms with Gasteiger partial charge in [0.1, 0.15) is 17.4 Å². The van der Waals surface area contributed by atoms with Crippen molar-refractivity contribution in [2.24, 2.45) is 5.73 Å². The third-order valence-corrected chi connectivity index (χ3v) is 7.09. The lowest BCUT2D eigenvalue weighted by molar-refractivity contribution is 0.0554. The standard InChI is InChI=1S/C32H35F2N3O3/c1-4-22-6-5-7-23(12-22)18-36(19-31(39)28(35)15-24-13-26(33)17-27(34)14-24)32(40)25-10-11-29(30(38)16-25)37-20(2)8-9-21(37)3/h5-14,16-17,28,31,38-39H,4,15,18-19,35H2,1-3H3. The number of phenolic OH excluding ortho intramolecular Hbond substituents is 1. The second-order valence-electron chi connectivity index (χ2n) is 10.2. The van der Waals surface area contributed by atoms with Gasteiger partial charge >= 0.3 is 0 Å². The lowest BCUT2D eigenvalue weighted by Gasteiger charge is -2.29. The number of benzene rings is 3. The molecule has 4 aromatic rings. The van der Waals surface area contributed by atoms with Crippen molar-refractivity contribution in [2.45, 2.75) is 52.3 Å². The minimum absolute atomic E-state index is 0.0221. The maximum atomic E-state index is 13.8. The van der Waals surface area contributed by atoms with Gasteiger partial charge in [-0.25, -0.2) is 8.78 Å². The van der Waals surface area contributed by atoms with Gasteiger partial charge in [0.15, 0.2) is 0 Å². The van der Waals surface area contributed by atoms with E-state index in [0.717, 1.165) is 35.0 Å². The van der Waals surface area contributed by atoms with E-state index in [1.807, 2.05) is 61.7 Å². The molecule has 40 heavy (non-hydrogen) atoms. The summed E-state index contributed by atoms with van der Waals surface area (Å²) in [5.74, 6) is -1.89. The zero-order valence-electron chi connectivity index (χ0n) is 22.9. The Hall–Kier alpha value is -4.01. The highest BCUT2D eigenvalue weighted by molar-refractivity contribution is 5.95. The highest BCUT2D eigenvalue weighted by Crippen LogP contribution is 2.27. The van der Waals surface area contributed by atoms with Gasteiger partial charge in [0, 0.05) is 42.1 Å². The van der Waals surface area contributed by atoms with Gasteiger partial charge < -0.3 is 25.4 Å². The number of aliphatic hydroxyl groups excluding tert-OH is 1. The molecular weight excluding hydrogens is 512 g/mol. The monoisotopic (exact) mass is 547 g/mol. The zero-order valence-corrected chi connectivity index (χ0v) is 22.9. The quantitative estimate of drug-likeness (QED) is 0.254. The van der Waals surface area contributed by atoms with Gasteiger partial charge in [-0.1, -0.05) is 31.2 Å². The van der Waals surface area contributed by atoms with Crippen LogP contribution in [0.2, 0.25) is 0 Å². The molecular formula is C32H35F2N3O3. The lowest BCUT2D eigenvalue weighted by Crippen LogP contribution is -2.46. The van der Waals surface area contributed by atoms with E-state index in [-0.39, 0.29) is 30.8 Å². The fourth-order valence-corrected chi connectivity index (χ4v) is 4.96. The van der Waals surface area contributed by atoms with Crippen molar-refractivity contribution in [3.8, 4) is 11.4 Å². The molecule has 0 spiro atoms. The fourth-order valence-electron chi connectivity index (χ4n) is 4.96. The van der Waals surface area contributed by atoms with Gasteiger partial charge in [0.25, 0.3) is 5.91 Å². The molecule has 2 atom stereocenters. The first-order valence-electron chi connectivity index (χ1n) is 13.3. The second kappa shape index (κ2) is 12.4. The summed E-state index contributed by atoms with van der Waals surface area (Å²) in [6, 6.07) is 18.7. The van der Waals surface area contributed by atoms with E-state index in [1.54, 1.807) is 12.1 Å². The van der Waals surface area contributed by atoms with Crippen molar-refractivity contribution in [3.63, 3.8) is 0 Å². The van der Waals surface area contributed by atoms with Gasteiger partial charge in [-0.3, -0.25) is 4.79 Å². The molecule has 1 amide bonds. The van der Waals surface area contributed by atoms with Crippen LogP contribution in [-0.2, 0) is 19.4 Å². The van der Waals surface area contributed by atoms with Crippen LogP contribution >= 0.6 is 0 Å². The lowest BCUT2D eigenvalue weighted by atomic mass is 10.0. The van der Waals surface area contributed by atoms with Crippen molar-refractivity contribution in [2.75, 3.05) is 6.54 Å². The van der Waals surface area contributed by atoms with E-state index in [4.69, 9.17) is 5.73 Å². The summed E-state index contributed by atoms with van der Waals surface area (Å²) < 4.78 is 29.2. The molecule has 0 saturated heterocycles. The van der Waals surface area contributed by atoms with Gasteiger partial charge in [0.05, 0.1) is 11.8 Å². The Kier molecular flexibility index (Phi) is 9.02. The van der Waals surface area contributed by atoms with Crippen LogP contribution in [0.3, 0.4) is 0 Å². The number of rotatable bonds is 10. The Labute approximate surface area is 233 Å². The number of hydrogen-bond acceptors (Lipinski definition) is 4. The number of amides is 1. The van der Waals surface area contributed by atoms with Gasteiger partial charge in [-0.2, -0.15) is 0 Å². The third-order valence-electron chi connectivity index (χ3n) is 7.09. The summed E-state index contributed by atoms with van der Waals surface area (Å²) in [6.45, 7) is 5.98. The van der Waals surface area contributed by atoms with Crippen molar-refractivity contribution >= 4 is 5.91 Å². The first-order valence-corrected chi connectivity index (χ1v) is 13.3. The number of nitrogens with two attached hydrogens (primary N) is 1. The van der Waals surface area contributed by atoms with Crippen molar-refractivity contribution in [1.29, 1.82) is 0 Å². The number of nitrogens with zero attached hydrogens (tertiary/aromatic N) is 2. The molecule has 210 valence electrons. The van der Waals surface area contributed by atoms with Crippen LogP contribution in [0.4, 0.5) is 8.78 Å². The summed E-state index contributed by atoms with van der Waals surface area (Å²) in [4.78, 5) is 15.2. The predicted octanol–water partition coefficient (Wildman–Crippen LogP) is 5.21. The molecule has 3 aromatic carbocycles. The molecule has 2 unspecified atom stereocenters. The van der Waals surface area contributed by atoms with Crippen LogP contribution in [0.5, 0.6) is 5.75 Å². The zero-order chi connectivity index (χ0) is 29.0. The SMILES string of the molecule is CCc1cccc(CN(CC(O)C(N)Cc2cc(F)cc(F)c2)C(=O)c2ccc(-n3c(C)ccc3C)c(O)c2)c1. The van der Waals surface area contributed by atoms with E-state index in [2.05, 4.69) is 0 Å². The maximum absolute atomic E-state index is 13.8. The van der Waals surface area contributed by atoms with Gasteiger partial charge in [0.2, 0.25) is 0 Å². The largest absolute Gasteiger partial charge is 0.506 e. The Bertz CT molecular complexity index is 1460. The first kappa shape index (κ1) is 29.0. The molecule has 1 heterocycles. The number of aryl methyl sites for hydroxylation is 3. The molecule has 0 aliphatic rings. The molecule has 0 aliphatic carbocycles. The number of aromatic nitrogens is 1. The van der Waals surface area contributed by atoms with E-state index in [9.17, 15) is 23.8 Å². The van der Waals surface area contributed by atoms with E-state index in [0.29, 0.717) is 11.3 Å². The minimum atomic E-state index is -1.18. The highest BCUT2D eigenvalue weighted by atomic mass is 19.1. The van der Waals surface area contributed by atoms with Gasteiger partial charge in [-0.15, -0.1) is 0 Å². The van der Waals surface area contributed by atoms with E-state index >= 15 is 0 Å². The Balaban J connectivity index is 1.60. The smallest absolute Gasteiger partial charge is 0.254 e. The highest BCUT2D eigenvalue weighted by Gasteiger charge is 2.25. The Morgan fingerprint density at radius 3 is 2.20 bits per heavy atom. The molecule has 0 fully saturated rings. The summed E-state index contributed by atoms with van der Waals surface area (Å²) >= 11 is 0. The summed E-state index contributed by atoms with van der Waals surface area (Å²) in [5.41, 5.74) is 11.2. The molecule has 0 radical (unpaired) electrons. The molecule has 4 rings (SSSR count).